The Bertz CT molecular complexity index is 228. The number of primary amides is 1. The van der Waals surface area contributed by atoms with Gasteiger partial charge in [-0.25, -0.2) is 0 Å². The van der Waals surface area contributed by atoms with Crippen LogP contribution in [-0.2, 0) is 4.79 Å². The molecule has 0 bridgehead atoms. The fraction of sp³-hybridized carbons (Fsp3) is 0.917. The maximum Gasteiger partial charge on any atom is 0.223 e. The van der Waals surface area contributed by atoms with Crippen molar-refractivity contribution in [3.8, 4) is 0 Å². The van der Waals surface area contributed by atoms with Crippen LogP contribution in [0.3, 0.4) is 0 Å². The third kappa shape index (κ3) is 2.71. The van der Waals surface area contributed by atoms with Crippen LogP contribution in [0.15, 0.2) is 0 Å². The number of carbonyl (C=O) groups is 1. The molecule has 0 atom stereocenters. The summed E-state index contributed by atoms with van der Waals surface area (Å²) in [7, 11) is 4.26. The van der Waals surface area contributed by atoms with Crippen LogP contribution >= 0.6 is 0 Å². The van der Waals surface area contributed by atoms with Crippen LogP contribution in [0.2, 0.25) is 0 Å². The van der Waals surface area contributed by atoms with Crippen LogP contribution in [-0.4, -0.2) is 30.9 Å². The Balaban J connectivity index is 2.54. The molecule has 1 rings (SSSR count). The summed E-state index contributed by atoms with van der Waals surface area (Å²) in [4.78, 5) is 13.6. The Morgan fingerprint density at radius 2 is 1.67 bits per heavy atom. The minimum absolute atomic E-state index is 0.157. The maximum atomic E-state index is 11.3. The van der Waals surface area contributed by atoms with Gasteiger partial charge in [-0.3, -0.25) is 4.79 Å². The van der Waals surface area contributed by atoms with Gasteiger partial charge in [0, 0.05) is 11.5 Å². The third-order valence-electron chi connectivity index (χ3n) is 4.08. The van der Waals surface area contributed by atoms with Gasteiger partial charge in [-0.1, -0.05) is 13.8 Å². The Morgan fingerprint density at radius 1 is 1.20 bits per heavy atom. The number of amides is 1. The number of rotatable bonds is 3. The monoisotopic (exact) mass is 212 g/mol. The molecule has 0 radical (unpaired) electrons. The summed E-state index contributed by atoms with van der Waals surface area (Å²) < 4.78 is 0. The topological polar surface area (TPSA) is 46.3 Å². The van der Waals surface area contributed by atoms with Gasteiger partial charge in [-0.15, -0.1) is 0 Å². The molecule has 2 N–H and O–H groups in total. The van der Waals surface area contributed by atoms with Crippen molar-refractivity contribution >= 4 is 5.91 Å². The quantitative estimate of drug-likeness (QED) is 0.772. The van der Waals surface area contributed by atoms with Gasteiger partial charge < -0.3 is 10.6 Å². The minimum atomic E-state index is -0.336. The minimum Gasteiger partial charge on any atom is -0.369 e. The number of nitrogens with zero attached hydrogens (tertiary/aromatic N) is 1. The highest BCUT2D eigenvalue weighted by molar-refractivity contribution is 5.80. The second-order valence-electron chi connectivity index (χ2n) is 5.55. The summed E-state index contributed by atoms with van der Waals surface area (Å²) in [5.41, 5.74) is 5.11. The molecule has 3 heteroatoms. The summed E-state index contributed by atoms with van der Waals surface area (Å²) in [6.07, 6.45) is 4.63. The zero-order chi connectivity index (χ0) is 11.6. The zero-order valence-electron chi connectivity index (χ0n) is 10.4. The van der Waals surface area contributed by atoms with Gasteiger partial charge in [0.25, 0.3) is 0 Å². The van der Waals surface area contributed by atoms with Crippen molar-refractivity contribution < 1.29 is 4.79 Å². The predicted octanol–water partition coefficient (Wildman–Crippen LogP) is 1.62. The molecule has 1 amide bonds. The average molecular weight is 212 g/mol. The lowest BCUT2D eigenvalue weighted by Gasteiger charge is -2.39. The fourth-order valence-electron chi connectivity index (χ4n) is 2.52. The summed E-state index contributed by atoms with van der Waals surface area (Å²) in [6.45, 7) is 3.96. The largest absolute Gasteiger partial charge is 0.369 e. The van der Waals surface area contributed by atoms with Gasteiger partial charge >= 0.3 is 0 Å². The van der Waals surface area contributed by atoms with E-state index >= 15 is 0 Å². The van der Waals surface area contributed by atoms with Crippen molar-refractivity contribution in [2.24, 2.45) is 17.1 Å². The van der Waals surface area contributed by atoms with Crippen molar-refractivity contribution in [1.29, 1.82) is 0 Å². The molecule has 1 aliphatic rings. The lowest BCUT2D eigenvalue weighted by atomic mass is 9.69. The number of hydrogen-bond acceptors (Lipinski definition) is 2. The Kier molecular flexibility index (Phi) is 3.77. The van der Waals surface area contributed by atoms with E-state index in [1.54, 1.807) is 0 Å². The van der Waals surface area contributed by atoms with Crippen LogP contribution in [0.4, 0.5) is 0 Å². The molecular weight excluding hydrogens is 188 g/mol. The van der Waals surface area contributed by atoms with Crippen LogP contribution < -0.4 is 5.73 Å². The molecule has 0 heterocycles. The summed E-state index contributed by atoms with van der Waals surface area (Å²) in [6, 6.07) is 0.685. The van der Waals surface area contributed by atoms with Crippen LogP contribution in [0.1, 0.15) is 39.5 Å². The van der Waals surface area contributed by atoms with Gasteiger partial charge in [-0.2, -0.15) is 0 Å². The molecule has 0 aromatic rings. The first kappa shape index (κ1) is 12.5. The molecule has 15 heavy (non-hydrogen) atoms. The highest BCUT2D eigenvalue weighted by Crippen LogP contribution is 2.38. The van der Waals surface area contributed by atoms with E-state index in [4.69, 9.17) is 5.73 Å². The van der Waals surface area contributed by atoms with E-state index in [0.29, 0.717) is 12.0 Å². The molecule has 0 saturated heterocycles. The smallest absolute Gasteiger partial charge is 0.223 e. The normalized spacial score (nSPS) is 28.1. The maximum absolute atomic E-state index is 11.3. The molecule has 1 aliphatic carbocycles. The Hall–Kier alpha value is -0.570. The van der Waals surface area contributed by atoms with E-state index in [2.05, 4.69) is 19.0 Å². The SMILES string of the molecule is CN(C)[C@H]1CC[C@H](C(C)(C)C(N)=O)CC1. The van der Waals surface area contributed by atoms with E-state index in [0.717, 1.165) is 12.8 Å². The van der Waals surface area contributed by atoms with E-state index in [9.17, 15) is 4.79 Å². The van der Waals surface area contributed by atoms with Crippen molar-refractivity contribution in [3.05, 3.63) is 0 Å². The first-order chi connectivity index (χ1) is 6.85. The van der Waals surface area contributed by atoms with Crippen LogP contribution in [0, 0.1) is 11.3 Å². The highest BCUT2D eigenvalue weighted by atomic mass is 16.1. The van der Waals surface area contributed by atoms with Crippen molar-refractivity contribution in [2.75, 3.05) is 14.1 Å². The Labute approximate surface area is 93.0 Å². The van der Waals surface area contributed by atoms with Gasteiger partial charge in [0.1, 0.15) is 0 Å². The highest BCUT2D eigenvalue weighted by Gasteiger charge is 2.37. The molecule has 88 valence electrons. The average Bonchev–Trinajstić information content (AvgIpc) is 2.17. The predicted molar refractivity (Wildman–Crippen MR) is 62.4 cm³/mol. The summed E-state index contributed by atoms with van der Waals surface area (Å²) in [5, 5.41) is 0. The zero-order valence-corrected chi connectivity index (χ0v) is 10.4. The van der Waals surface area contributed by atoms with Crippen LogP contribution in [0.5, 0.6) is 0 Å². The third-order valence-corrected chi connectivity index (χ3v) is 4.08. The molecule has 1 fully saturated rings. The molecule has 0 aromatic carbocycles. The molecule has 0 unspecified atom stereocenters. The van der Waals surface area contributed by atoms with Crippen LogP contribution in [0.25, 0.3) is 0 Å². The van der Waals surface area contributed by atoms with Gasteiger partial charge in [0.15, 0.2) is 0 Å². The molecule has 3 nitrogen and oxygen atoms in total. The lowest BCUT2D eigenvalue weighted by Crippen LogP contribution is -2.42. The second-order valence-corrected chi connectivity index (χ2v) is 5.55. The summed E-state index contributed by atoms with van der Waals surface area (Å²) >= 11 is 0. The van der Waals surface area contributed by atoms with Crippen molar-refractivity contribution in [1.82, 2.24) is 4.90 Å². The van der Waals surface area contributed by atoms with Crippen molar-refractivity contribution in [2.45, 2.75) is 45.6 Å². The van der Waals surface area contributed by atoms with Gasteiger partial charge in [0.05, 0.1) is 0 Å². The first-order valence-electron chi connectivity index (χ1n) is 5.82. The molecule has 0 aliphatic heterocycles. The van der Waals surface area contributed by atoms with Gasteiger partial charge in [-0.05, 0) is 45.7 Å². The van der Waals surface area contributed by atoms with E-state index in [1.807, 2.05) is 13.8 Å². The molecule has 0 aromatic heterocycles. The van der Waals surface area contributed by atoms with E-state index < -0.39 is 0 Å². The second kappa shape index (κ2) is 4.52. The van der Waals surface area contributed by atoms with Gasteiger partial charge in [0.2, 0.25) is 5.91 Å². The number of nitrogens with two attached hydrogens (primary N) is 1. The van der Waals surface area contributed by atoms with E-state index in [-0.39, 0.29) is 11.3 Å². The van der Waals surface area contributed by atoms with E-state index in [1.165, 1.54) is 12.8 Å². The number of hydrogen-bond donors (Lipinski definition) is 1. The molecular formula is C12H24N2O. The summed E-state index contributed by atoms with van der Waals surface area (Å²) in [5.74, 6) is 0.307. The fourth-order valence-corrected chi connectivity index (χ4v) is 2.52. The van der Waals surface area contributed by atoms with Crippen molar-refractivity contribution in [3.63, 3.8) is 0 Å². The molecule has 0 spiro atoms. The standard InChI is InChI=1S/C12H24N2O/c1-12(2,11(13)15)9-5-7-10(8-6-9)14(3)4/h9-10H,5-8H2,1-4H3,(H2,13,15)/t9-,10-. The molecule has 1 saturated carbocycles. The number of carbonyl (C=O) groups excluding carboxylic acids is 1. The Morgan fingerprint density at radius 3 is 2.00 bits per heavy atom. The first-order valence-corrected chi connectivity index (χ1v) is 5.82. The lowest BCUT2D eigenvalue weighted by molar-refractivity contribution is -0.129.